The van der Waals surface area contributed by atoms with Crippen molar-refractivity contribution in [1.29, 1.82) is 5.26 Å². The molecule has 4 nitrogen and oxygen atoms in total. The van der Waals surface area contributed by atoms with Gasteiger partial charge < -0.3 is 5.73 Å². The SMILES string of the molecule is N#Cc1c(-c2ccccc2)c(N=C=S)n(-c2ccccc2Cl)c1N. The summed E-state index contributed by atoms with van der Waals surface area (Å²) in [7, 11) is 0. The number of halogens is 1. The van der Waals surface area contributed by atoms with Crippen LogP contribution < -0.4 is 5.73 Å². The molecule has 1 aromatic heterocycles. The van der Waals surface area contributed by atoms with Gasteiger partial charge in [0.25, 0.3) is 0 Å². The predicted molar refractivity (Wildman–Crippen MR) is 100 cm³/mol. The van der Waals surface area contributed by atoms with Crippen LogP contribution in [0.15, 0.2) is 59.6 Å². The molecule has 0 aliphatic rings. The first-order valence-corrected chi connectivity index (χ1v) is 7.80. The highest BCUT2D eigenvalue weighted by Gasteiger charge is 2.24. The molecule has 6 heteroatoms. The molecule has 2 aromatic carbocycles. The minimum Gasteiger partial charge on any atom is -0.384 e. The molecule has 0 fully saturated rings. The molecule has 0 bridgehead atoms. The lowest BCUT2D eigenvalue weighted by Crippen LogP contribution is -2.01. The van der Waals surface area contributed by atoms with Gasteiger partial charge in [-0.3, -0.25) is 4.57 Å². The van der Waals surface area contributed by atoms with Crippen LogP contribution in [0, 0.1) is 11.3 Å². The normalized spacial score (nSPS) is 10.0. The van der Waals surface area contributed by atoms with E-state index in [2.05, 4.69) is 16.2 Å². The van der Waals surface area contributed by atoms with Gasteiger partial charge in [0, 0.05) is 5.56 Å². The molecule has 0 unspecified atom stereocenters. The minimum absolute atomic E-state index is 0.258. The lowest BCUT2D eigenvalue weighted by Gasteiger charge is -2.10. The summed E-state index contributed by atoms with van der Waals surface area (Å²) in [6, 6.07) is 18.8. The number of para-hydroxylation sites is 1. The largest absolute Gasteiger partial charge is 0.384 e. The number of hydrogen-bond acceptors (Lipinski definition) is 4. The number of thiocarbonyl (C=S) groups is 1. The number of nitrogens with two attached hydrogens (primary N) is 1. The van der Waals surface area contributed by atoms with Crippen molar-refractivity contribution >= 4 is 40.6 Å². The average molecular weight is 351 g/mol. The van der Waals surface area contributed by atoms with Gasteiger partial charge in [-0.25, -0.2) is 0 Å². The Kier molecular flexibility index (Phi) is 4.45. The van der Waals surface area contributed by atoms with Crippen LogP contribution in [0.2, 0.25) is 5.02 Å². The van der Waals surface area contributed by atoms with E-state index in [0.717, 1.165) is 5.56 Å². The van der Waals surface area contributed by atoms with Crippen LogP contribution in [-0.2, 0) is 0 Å². The second kappa shape index (κ2) is 6.69. The summed E-state index contributed by atoms with van der Waals surface area (Å²) in [5.74, 6) is 0.687. The van der Waals surface area contributed by atoms with Gasteiger partial charge in [0.05, 0.1) is 15.9 Å². The first-order chi connectivity index (χ1) is 11.7. The third-order valence-corrected chi connectivity index (χ3v) is 4.01. The quantitative estimate of drug-likeness (QED) is 0.534. The molecular weight excluding hydrogens is 340 g/mol. The zero-order chi connectivity index (χ0) is 17.1. The summed E-state index contributed by atoms with van der Waals surface area (Å²) in [6.07, 6.45) is 0. The minimum atomic E-state index is 0.258. The summed E-state index contributed by atoms with van der Waals surface area (Å²) in [5, 5.41) is 12.5. The summed E-state index contributed by atoms with van der Waals surface area (Å²) in [6.45, 7) is 0. The van der Waals surface area contributed by atoms with Gasteiger partial charge in [0.1, 0.15) is 17.5 Å². The van der Waals surface area contributed by atoms with Crippen LogP contribution in [0.3, 0.4) is 0 Å². The molecule has 3 rings (SSSR count). The lowest BCUT2D eigenvalue weighted by atomic mass is 10.0. The standard InChI is InChI=1S/C18H11ClN4S/c19-14-8-4-5-9-15(14)23-17(21)13(10-20)16(18(23)22-11-24)12-6-2-1-3-7-12/h1-9H,21H2. The number of nitrogens with zero attached hydrogens (tertiary/aromatic N) is 3. The zero-order valence-electron chi connectivity index (χ0n) is 12.4. The Morgan fingerprint density at radius 1 is 1.08 bits per heavy atom. The third kappa shape index (κ3) is 2.60. The van der Waals surface area contributed by atoms with E-state index >= 15 is 0 Å². The molecule has 1 heterocycles. The molecule has 0 aliphatic carbocycles. The lowest BCUT2D eigenvalue weighted by molar-refractivity contribution is 1.08. The van der Waals surface area contributed by atoms with Crippen molar-refractivity contribution in [3.8, 4) is 22.9 Å². The summed E-state index contributed by atoms with van der Waals surface area (Å²) in [5.41, 5.74) is 8.61. The maximum atomic E-state index is 9.62. The molecule has 0 saturated carbocycles. The van der Waals surface area contributed by atoms with E-state index < -0.39 is 0 Å². The Morgan fingerprint density at radius 3 is 2.38 bits per heavy atom. The van der Waals surface area contributed by atoms with Crippen LogP contribution in [-0.4, -0.2) is 9.73 Å². The van der Waals surface area contributed by atoms with Crippen LogP contribution in [0.1, 0.15) is 5.56 Å². The highest BCUT2D eigenvalue weighted by Crippen LogP contribution is 2.42. The van der Waals surface area contributed by atoms with E-state index in [9.17, 15) is 5.26 Å². The zero-order valence-corrected chi connectivity index (χ0v) is 14.0. The van der Waals surface area contributed by atoms with Gasteiger partial charge in [-0.05, 0) is 29.9 Å². The number of aliphatic imine (C=N–C) groups is 1. The molecular formula is C18H11ClN4S. The number of benzene rings is 2. The maximum Gasteiger partial charge on any atom is 0.158 e. The highest BCUT2D eigenvalue weighted by molar-refractivity contribution is 7.78. The molecule has 24 heavy (non-hydrogen) atoms. The molecule has 3 aromatic rings. The Labute approximate surface area is 149 Å². The second-order valence-electron chi connectivity index (χ2n) is 4.93. The highest BCUT2D eigenvalue weighted by atomic mass is 35.5. The fourth-order valence-corrected chi connectivity index (χ4v) is 2.90. The Bertz CT molecular complexity index is 996. The first-order valence-electron chi connectivity index (χ1n) is 7.01. The van der Waals surface area contributed by atoms with E-state index in [4.69, 9.17) is 29.6 Å². The summed E-state index contributed by atoms with van der Waals surface area (Å²) in [4.78, 5) is 4.17. The van der Waals surface area contributed by atoms with Gasteiger partial charge >= 0.3 is 0 Å². The number of isothiocyanates is 1. The van der Waals surface area contributed by atoms with Crippen molar-refractivity contribution in [2.45, 2.75) is 0 Å². The van der Waals surface area contributed by atoms with Crippen molar-refractivity contribution in [2.75, 3.05) is 5.73 Å². The number of aromatic nitrogens is 1. The topological polar surface area (TPSA) is 67.1 Å². The first kappa shape index (κ1) is 16.0. The van der Waals surface area contributed by atoms with Crippen molar-refractivity contribution in [3.05, 3.63) is 65.2 Å². The van der Waals surface area contributed by atoms with Gasteiger partial charge in [-0.15, -0.1) is 0 Å². The van der Waals surface area contributed by atoms with Crippen LogP contribution in [0.5, 0.6) is 0 Å². The van der Waals surface area contributed by atoms with Crippen LogP contribution in [0.25, 0.3) is 16.8 Å². The number of nitriles is 1. The smallest absolute Gasteiger partial charge is 0.158 e. The van der Waals surface area contributed by atoms with E-state index in [1.165, 1.54) is 0 Å². The van der Waals surface area contributed by atoms with Gasteiger partial charge in [0.2, 0.25) is 0 Å². The Hall–Kier alpha value is -2.90. The van der Waals surface area contributed by atoms with Crippen molar-refractivity contribution < 1.29 is 0 Å². The van der Waals surface area contributed by atoms with Crippen molar-refractivity contribution in [3.63, 3.8) is 0 Å². The molecule has 0 saturated heterocycles. The van der Waals surface area contributed by atoms with Crippen molar-refractivity contribution in [2.24, 2.45) is 4.99 Å². The van der Waals surface area contributed by atoms with E-state index in [1.807, 2.05) is 42.5 Å². The van der Waals surface area contributed by atoms with E-state index in [-0.39, 0.29) is 5.82 Å². The van der Waals surface area contributed by atoms with Crippen LogP contribution >= 0.6 is 23.8 Å². The monoisotopic (exact) mass is 350 g/mol. The fraction of sp³-hybridized carbons (Fsp3) is 0. The van der Waals surface area contributed by atoms with Gasteiger partial charge in [-0.2, -0.15) is 10.3 Å². The maximum absolute atomic E-state index is 9.62. The Balaban J connectivity index is 2.45. The fourth-order valence-electron chi connectivity index (χ4n) is 2.60. The molecule has 116 valence electrons. The number of nitrogen functional groups attached to an aromatic ring is 1. The summed E-state index contributed by atoms with van der Waals surface area (Å²) >= 11 is 11.1. The number of rotatable bonds is 3. The molecule has 0 aliphatic heterocycles. The molecule has 0 spiro atoms. The number of anilines is 1. The van der Waals surface area contributed by atoms with Gasteiger partial charge in [0.15, 0.2) is 5.82 Å². The van der Waals surface area contributed by atoms with Crippen LogP contribution in [0.4, 0.5) is 11.6 Å². The third-order valence-electron chi connectivity index (χ3n) is 3.60. The average Bonchev–Trinajstić information content (AvgIpc) is 2.88. The summed E-state index contributed by atoms with van der Waals surface area (Å²) < 4.78 is 1.63. The molecule has 0 radical (unpaired) electrons. The van der Waals surface area contributed by atoms with E-state index in [0.29, 0.717) is 27.7 Å². The van der Waals surface area contributed by atoms with E-state index in [1.54, 1.807) is 16.7 Å². The molecule has 0 atom stereocenters. The van der Waals surface area contributed by atoms with Crippen molar-refractivity contribution in [1.82, 2.24) is 4.57 Å². The molecule has 2 N–H and O–H groups in total. The molecule has 0 amide bonds. The predicted octanol–water partition coefficient (Wildman–Crippen LogP) is 4.99. The second-order valence-corrected chi connectivity index (χ2v) is 5.52. The Morgan fingerprint density at radius 2 is 1.75 bits per heavy atom. The van der Waals surface area contributed by atoms with Gasteiger partial charge in [-0.1, -0.05) is 54.1 Å². The number of hydrogen-bond donors (Lipinski definition) is 1.